The number of guanidine groups is 1. The number of amides is 3. The number of Topliss-reactive ketones (excluding diaryl/α,β-unsaturated/α-hetero) is 1. The van der Waals surface area contributed by atoms with Crippen LogP contribution in [0.1, 0.15) is 34.6 Å². The second-order valence-corrected chi connectivity index (χ2v) is 11.9. The number of carbonyl (C=O) groups excluding carboxylic acids is 4. The summed E-state index contributed by atoms with van der Waals surface area (Å²) in [6.07, 6.45) is 3.81. The Balaban J connectivity index is 1.33. The molecule has 3 aromatic rings. The summed E-state index contributed by atoms with van der Waals surface area (Å²) in [5, 5.41) is 14.7. The first-order valence-corrected chi connectivity index (χ1v) is 14.9. The van der Waals surface area contributed by atoms with Crippen molar-refractivity contribution in [2.45, 2.75) is 37.8 Å². The lowest BCUT2D eigenvalue weighted by Crippen LogP contribution is -2.61. The van der Waals surface area contributed by atoms with E-state index in [1.54, 1.807) is 23.5 Å². The smallest absolute Gasteiger partial charge is 0.245 e. The van der Waals surface area contributed by atoms with Crippen LogP contribution in [0, 0.1) is 11.3 Å². The third-order valence-corrected chi connectivity index (χ3v) is 8.80. The zero-order valence-electron chi connectivity index (χ0n) is 23.5. The molecule has 0 saturated carbocycles. The molecule has 2 aliphatic heterocycles. The van der Waals surface area contributed by atoms with Crippen LogP contribution < -0.4 is 11.1 Å². The zero-order chi connectivity index (χ0) is 29.8. The lowest BCUT2D eigenvalue weighted by molar-refractivity contribution is -0.155. The summed E-state index contributed by atoms with van der Waals surface area (Å²) in [6, 6.07) is 12.1. The molecule has 220 valence electrons. The molecule has 11 nitrogen and oxygen atoms in total. The molecule has 0 spiro atoms. The molecule has 2 aromatic carbocycles. The molecule has 3 heterocycles. The monoisotopic (exact) mass is 589 g/mol. The molecular weight excluding hydrogens is 554 g/mol. The van der Waals surface area contributed by atoms with E-state index in [1.807, 2.05) is 42.5 Å². The molecule has 3 atom stereocenters. The number of aromatic nitrogens is 1. The number of nitrogens with one attached hydrogen (secondary N) is 2. The number of piperazine rings is 1. The predicted molar refractivity (Wildman–Crippen MR) is 160 cm³/mol. The van der Waals surface area contributed by atoms with E-state index in [2.05, 4.69) is 10.3 Å². The minimum Gasteiger partial charge on any atom is -0.370 e. The molecule has 42 heavy (non-hydrogen) atoms. The van der Waals surface area contributed by atoms with Gasteiger partial charge in [-0.3, -0.25) is 24.6 Å². The molecule has 0 aliphatic carbocycles. The largest absolute Gasteiger partial charge is 0.370 e. The highest BCUT2D eigenvalue weighted by Crippen LogP contribution is 2.24. The van der Waals surface area contributed by atoms with E-state index in [-0.39, 0.29) is 49.0 Å². The molecule has 2 aliphatic rings. The third kappa shape index (κ3) is 6.59. The van der Waals surface area contributed by atoms with Gasteiger partial charge in [0.05, 0.1) is 12.6 Å². The lowest BCUT2D eigenvalue weighted by Gasteiger charge is -2.39. The minimum atomic E-state index is -0.863. The Morgan fingerprint density at radius 3 is 2.71 bits per heavy atom. The lowest BCUT2D eigenvalue weighted by atomic mass is 9.90. The maximum absolute atomic E-state index is 13.5. The van der Waals surface area contributed by atoms with Gasteiger partial charge in [-0.2, -0.15) is 0 Å². The summed E-state index contributed by atoms with van der Waals surface area (Å²) in [4.78, 5) is 61.9. The van der Waals surface area contributed by atoms with Crippen LogP contribution in [-0.4, -0.2) is 94.5 Å². The van der Waals surface area contributed by atoms with E-state index in [9.17, 15) is 19.2 Å². The summed E-state index contributed by atoms with van der Waals surface area (Å²) >= 11 is 1.20. The fourth-order valence-corrected chi connectivity index (χ4v) is 6.48. The van der Waals surface area contributed by atoms with Crippen molar-refractivity contribution in [3.8, 4) is 0 Å². The van der Waals surface area contributed by atoms with Crippen molar-refractivity contribution in [1.29, 1.82) is 5.41 Å². The van der Waals surface area contributed by atoms with Crippen molar-refractivity contribution < 1.29 is 19.2 Å². The highest BCUT2D eigenvalue weighted by atomic mass is 32.1. The van der Waals surface area contributed by atoms with Gasteiger partial charge >= 0.3 is 0 Å². The number of carbonyl (C=O) groups is 4. The molecule has 1 aromatic heterocycles. The van der Waals surface area contributed by atoms with Crippen molar-refractivity contribution in [3.05, 3.63) is 64.6 Å². The van der Waals surface area contributed by atoms with Gasteiger partial charge < -0.3 is 25.8 Å². The van der Waals surface area contributed by atoms with Gasteiger partial charge in [-0.1, -0.05) is 42.5 Å². The SMILES string of the molecule is CN1CC(=O)N(CC(=O)N[C@@H](C[C@@H]2CCCN(C(=N)N)C2)C(=O)c2nccs2)[C@@H](Cc2ccc3ccccc3c2)C1=O. The Bertz CT molecular complexity index is 1490. The molecule has 4 N–H and O–H groups in total. The van der Waals surface area contributed by atoms with Crippen molar-refractivity contribution in [2.24, 2.45) is 11.7 Å². The highest BCUT2D eigenvalue weighted by molar-refractivity contribution is 7.11. The number of hydrogen-bond donors (Lipinski definition) is 3. The van der Waals surface area contributed by atoms with E-state index < -0.39 is 18.0 Å². The maximum atomic E-state index is 13.5. The van der Waals surface area contributed by atoms with E-state index >= 15 is 0 Å². The molecule has 0 unspecified atom stereocenters. The van der Waals surface area contributed by atoms with Gasteiger partial charge in [0.15, 0.2) is 11.0 Å². The number of benzene rings is 2. The highest BCUT2D eigenvalue weighted by Gasteiger charge is 2.39. The molecule has 0 bridgehead atoms. The molecule has 3 amide bonds. The van der Waals surface area contributed by atoms with Crippen molar-refractivity contribution >= 4 is 51.6 Å². The number of nitrogens with zero attached hydrogens (tertiary/aromatic N) is 4. The van der Waals surface area contributed by atoms with Gasteiger partial charge in [-0.05, 0) is 41.5 Å². The number of ketones is 1. The van der Waals surface area contributed by atoms with Gasteiger partial charge in [-0.25, -0.2) is 4.98 Å². The first kappa shape index (κ1) is 29.2. The summed E-state index contributed by atoms with van der Waals surface area (Å²) in [5.74, 6) is -1.36. The van der Waals surface area contributed by atoms with Gasteiger partial charge in [0.1, 0.15) is 12.6 Å². The topological polar surface area (TPSA) is 153 Å². The van der Waals surface area contributed by atoms with E-state index in [1.165, 1.54) is 21.1 Å². The number of fused-ring (bicyclic) bond motifs is 1. The quantitative estimate of drug-likeness (QED) is 0.196. The van der Waals surface area contributed by atoms with Crippen molar-refractivity contribution in [2.75, 3.05) is 33.2 Å². The summed E-state index contributed by atoms with van der Waals surface area (Å²) in [5.41, 5.74) is 6.59. The summed E-state index contributed by atoms with van der Waals surface area (Å²) in [6.45, 7) is 0.737. The molecule has 0 radical (unpaired) electrons. The Labute approximate surface area is 248 Å². The number of nitrogens with two attached hydrogens (primary N) is 1. The minimum absolute atomic E-state index is 0.0118. The Morgan fingerprint density at radius 2 is 1.98 bits per heavy atom. The van der Waals surface area contributed by atoms with Crippen LogP contribution in [0.4, 0.5) is 0 Å². The van der Waals surface area contributed by atoms with Crippen LogP contribution in [0.2, 0.25) is 0 Å². The average molecular weight is 590 g/mol. The van der Waals surface area contributed by atoms with Crippen molar-refractivity contribution in [1.82, 2.24) is 25.0 Å². The normalized spacial score (nSPS) is 20.1. The first-order chi connectivity index (χ1) is 20.2. The van der Waals surface area contributed by atoms with Crippen LogP contribution in [0.15, 0.2) is 54.0 Å². The second kappa shape index (κ2) is 12.7. The third-order valence-electron chi connectivity index (χ3n) is 8.01. The van der Waals surface area contributed by atoms with Gasteiger partial charge in [-0.15, -0.1) is 11.3 Å². The predicted octanol–water partition coefficient (Wildman–Crippen LogP) is 1.87. The Kier molecular flexibility index (Phi) is 8.81. The van der Waals surface area contributed by atoms with Gasteiger partial charge in [0, 0.05) is 38.1 Å². The number of likely N-dealkylation sites (N-methyl/N-ethyl adjacent to an activating group) is 1. The van der Waals surface area contributed by atoms with E-state index in [0.29, 0.717) is 24.5 Å². The first-order valence-electron chi connectivity index (χ1n) is 14.0. The van der Waals surface area contributed by atoms with Crippen LogP contribution in [0.5, 0.6) is 0 Å². The summed E-state index contributed by atoms with van der Waals surface area (Å²) in [7, 11) is 1.59. The summed E-state index contributed by atoms with van der Waals surface area (Å²) < 4.78 is 0. The molecule has 12 heteroatoms. The van der Waals surface area contributed by atoms with Crippen molar-refractivity contribution in [3.63, 3.8) is 0 Å². The number of thiazole rings is 1. The van der Waals surface area contributed by atoms with Crippen LogP contribution in [0.25, 0.3) is 10.8 Å². The molecule has 5 rings (SSSR count). The van der Waals surface area contributed by atoms with E-state index in [4.69, 9.17) is 11.1 Å². The van der Waals surface area contributed by atoms with Crippen LogP contribution >= 0.6 is 11.3 Å². The number of likely N-dealkylation sites (tertiary alicyclic amines) is 1. The van der Waals surface area contributed by atoms with Crippen LogP contribution in [-0.2, 0) is 20.8 Å². The maximum Gasteiger partial charge on any atom is 0.245 e. The average Bonchev–Trinajstić information content (AvgIpc) is 3.52. The second-order valence-electron chi connectivity index (χ2n) is 11.0. The number of hydrogen-bond acceptors (Lipinski definition) is 7. The number of piperidine rings is 1. The molecule has 2 fully saturated rings. The Morgan fingerprint density at radius 1 is 1.19 bits per heavy atom. The molecular formula is C30H35N7O4S. The fraction of sp³-hybridized carbons (Fsp3) is 0.400. The molecule has 2 saturated heterocycles. The van der Waals surface area contributed by atoms with E-state index in [0.717, 1.165) is 29.2 Å². The van der Waals surface area contributed by atoms with Gasteiger partial charge in [0.2, 0.25) is 23.5 Å². The zero-order valence-corrected chi connectivity index (χ0v) is 24.3. The standard InChI is InChI=1S/C30H35N7O4S/c1-35-18-26(39)37(24(29(35)41)15-19-8-9-21-6-2-3-7-22(21)13-19)17-25(38)34-23(27(40)28-33-10-12-42-28)14-20-5-4-11-36(16-20)30(31)32/h2-3,6-10,12-13,20,23-24H,4-5,11,14-18H2,1H3,(H3,31,32)(H,34,38)/t20-,23-,24-/m0/s1. The fourth-order valence-electron chi connectivity index (χ4n) is 5.85. The van der Waals surface area contributed by atoms with Crippen LogP contribution in [0.3, 0.4) is 0 Å². The van der Waals surface area contributed by atoms with Gasteiger partial charge in [0.25, 0.3) is 0 Å². The Hall–Kier alpha value is -4.32. The number of rotatable bonds is 9.